The summed E-state index contributed by atoms with van der Waals surface area (Å²) in [6, 6.07) is 6.76. The predicted octanol–water partition coefficient (Wildman–Crippen LogP) is 5.64. The number of fused-ring (bicyclic) bond motifs is 1. The lowest BCUT2D eigenvalue weighted by atomic mass is 9.89. The monoisotopic (exact) mass is 552 g/mol. The van der Waals surface area contributed by atoms with Crippen molar-refractivity contribution >= 4 is 23.0 Å². The van der Waals surface area contributed by atoms with Gasteiger partial charge in [0.05, 0.1) is 24.5 Å². The molecule has 1 aliphatic heterocycles. The Labute approximate surface area is 224 Å². The molecule has 3 atom stereocenters. The maximum absolute atomic E-state index is 13.1. The molecule has 1 aromatic carbocycles. The molecule has 206 valence electrons. The van der Waals surface area contributed by atoms with E-state index >= 15 is 0 Å². The molecule has 38 heavy (non-hydrogen) atoms. The highest BCUT2D eigenvalue weighted by molar-refractivity contribution is 6.32. The minimum Gasteiger partial charge on any atom is -0.406 e. The summed E-state index contributed by atoms with van der Waals surface area (Å²) in [6.45, 7) is 2.32. The van der Waals surface area contributed by atoms with E-state index in [1.165, 1.54) is 23.2 Å². The van der Waals surface area contributed by atoms with Crippen LogP contribution in [0.2, 0.25) is 5.02 Å². The second-order valence-electron chi connectivity index (χ2n) is 11.1. The molecule has 0 radical (unpaired) electrons. The topological polar surface area (TPSA) is 68.6 Å². The van der Waals surface area contributed by atoms with Crippen molar-refractivity contribution < 1.29 is 22.6 Å². The predicted molar refractivity (Wildman–Crippen MR) is 138 cm³/mol. The first-order valence-corrected chi connectivity index (χ1v) is 13.9. The first kappa shape index (κ1) is 25.8. The quantitative estimate of drug-likeness (QED) is 0.457. The third-order valence-electron chi connectivity index (χ3n) is 8.46. The number of alkyl halides is 3. The average Bonchev–Trinajstić information content (AvgIpc) is 3.81. The second-order valence-corrected chi connectivity index (χ2v) is 11.5. The molecule has 0 spiro atoms. The molecule has 1 unspecified atom stereocenters. The highest BCUT2D eigenvalue weighted by Gasteiger charge is 2.46. The summed E-state index contributed by atoms with van der Waals surface area (Å²) in [5, 5.41) is 7.97. The minimum atomic E-state index is -4.70. The van der Waals surface area contributed by atoms with Gasteiger partial charge < -0.3 is 19.7 Å². The first-order chi connectivity index (χ1) is 18.3. The van der Waals surface area contributed by atoms with Crippen molar-refractivity contribution in [3.63, 3.8) is 0 Å². The Morgan fingerprint density at radius 3 is 2.42 bits per heavy atom. The van der Waals surface area contributed by atoms with E-state index in [2.05, 4.69) is 20.1 Å². The summed E-state index contributed by atoms with van der Waals surface area (Å²) in [4.78, 5) is 15.4. The van der Waals surface area contributed by atoms with Crippen molar-refractivity contribution in [1.29, 1.82) is 0 Å². The summed E-state index contributed by atoms with van der Waals surface area (Å²) in [5.74, 6) is 1.61. The van der Waals surface area contributed by atoms with Crippen LogP contribution in [-0.4, -0.2) is 48.0 Å². The molecule has 1 saturated heterocycles. The van der Waals surface area contributed by atoms with Gasteiger partial charge in [0.15, 0.2) is 0 Å². The summed E-state index contributed by atoms with van der Waals surface area (Å²) >= 11 is 6.49. The maximum Gasteiger partial charge on any atom is 0.573 e. The largest absolute Gasteiger partial charge is 0.573 e. The Balaban J connectivity index is 1.08. The van der Waals surface area contributed by atoms with E-state index in [0.717, 1.165) is 64.0 Å². The molecule has 6 rings (SSSR count). The van der Waals surface area contributed by atoms with E-state index in [-0.39, 0.29) is 28.4 Å². The number of anilines is 2. The Bertz CT molecular complexity index is 1200. The van der Waals surface area contributed by atoms with E-state index < -0.39 is 6.36 Å². The van der Waals surface area contributed by atoms with E-state index in [4.69, 9.17) is 16.3 Å². The molecule has 3 saturated carbocycles. The van der Waals surface area contributed by atoms with Gasteiger partial charge in [0.2, 0.25) is 0 Å². The number of rotatable bonds is 8. The standard InChI is InChI=1S/C27H32ClF3N4O3/c28-25-24(32-12-17-15-37-14-16-11-23(16)17)13-33-35(26(25)36)21-5-3-19(4-6-21)34(18-1-2-18)20-7-9-22(10-8-20)38-27(29,30)31/h7-10,13,16-19,21,23,32H,1-6,11-12,14-15H2/t16?,17-,19?,21?,23+/m0/s1. The van der Waals surface area contributed by atoms with Crippen LogP contribution in [0.5, 0.6) is 5.75 Å². The first-order valence-electron chi connectivity index (χ1n) is 13.5. The van der Waals surface area contributed by atoms with E-state index in [9.17, 15) is 18.0 Å². The molecule has 11 heteroatoms. The van der Waals surface area contributed by atoms with Gasteiger partial charge in [-0.25, -0.2) is 4.68 Å². The Kier molecular flexibility index (Phi) is 6.97. The van der Waals surface area contributed by atoms with Gasteiger partial charge in [0.1, 0.15) is 10.8 Å². The van der Waals surface area contributed by atoms with E-state index in [1.807, 2.05) is 0 Å². The summed E-state index contributed by atoms with van der Waals surface area (Å²) in [6.07, 6.45) is 3.59. The molecule has 1 aromatic heterocycles. The summed E-state index contributed by atoms with van der Waals surface area (Å²) in [7, 11) is 0. The van der Waals surface area contributed by atoms with Gasteiger partial charge in [-0.1, -0.05) is 11.6 Å². The van der Waals surface area contributed by atoms with Gasteiger partial charge in [-0.15, -0.1) is 13.2 Å². The fraction of sp³-hybridized carbons (Fsp3) is 0.630. The molecule has 2 heterocycles. The third-order valence-corrected chi connectivity index (χ3v) is 8.82. The van der Waals surface area contributed by atoms with Gasteiger partial charge in [0.25, 0.3) is 5.56 Å². The van der Waals surface area contributed by atoms with Crippen molar-refractivity contribution in [3.05, 3.63) is 45.8 Å². The van der Waals surface area contributed by atoms with Crippen LogP contribution in [0.3, 0.4) is 0 Å². The number of aromatic nitrogens is 2. The lowest BCUT2D eigenvalue weighted by Crippen LogP contribution is -2.41. The molecule has 3 aliphatic carbocycles. The van der Waals surface area contributed by atoms with Crippen LogP contribution in [0.1, 0.15) is 51.0 Å². The zero-order valence-corrected chi connectivity index (χ0v) is 21.8. The number of ether oxygens (including phenoxy) is 2. The van der Waals surface area contributed by atoms with Gasteiger partial charge in [0, 0.05) is 36.8 Å². The Morgan fingerprint density at radius 2 is 1.76 bits per heavy atom. The molecule has 4 aliphatic rings. The van der Waals surface area contributed by atoms with Crippen LogP contribution in [0.4, 0.5) is 24.5 Å². The lowest BCUT2D eigenvalue weighted by Gasteiger charge is -2.39. The number of nitrogens with one attached hydrogen (secondary N) is 1. The normalized spacial score (nSPS) is 28.9. The van der Waals surface area contributed by atoms with Crippen LogP contribution in [-0.2, 0) is 4.74 Å². The van der Waals surface area contributed by atoms with Crippen LogP contribution in [0.15, 0.2) is 35.3 Å². The van der Waals surface area contributed by atoms with Crippen LogP contribution >= 0.6 is 11.6 Å². The number of halogens is 4. The number of nitrogens with zero attached hydrogens (tertiary/aromatic N) is 3. The minimum absolute atomic E-state index is 0.0344. The van der Waals surface area contributed by atoms with Crippen molar-refractivity contribution in [1.82, 2.24) is 9.78 Å². The number of hydrogen-bond donors (Lipinski definition) is 1. The SMILES string of the molecule is O=c1c(Cl)c(NC[C@H]2COCC3C[C@H]32)cnn1C1CCC(N(c2ccc(OC(F)(F)F)cc2)C2CC2)CC1. The van der Waals surface area contributed by atoms with Crippen LogP contribution < -0.4 is 20.5 Å². The van der Waals surface area contributed by atoms with Crippen molar-refractivity contribution in [2.24, 2.45) is 17.8 Å². The molecule has 0 amide bonds. The highest BCUT2D eigenvalue weighted by Crippen LogP contribution is 2.47. The van der Waals surface area contributed by atoms with Crippen molar-refractivity contribution in [2.45, 2.75) is 69.4 Å². The highest BCUT2D eigenvalue weighted by atomic mass is 35.5. The van der Waals surface area contributed by atoms with Gasteiger partial charge >= 0.3 is 6.36 Å². The fourth-order valence-corrected chi connectivity index (χ4v) is 6.49. The van der Waals surface area contributed by atoms with Gasteiger partial charge in [-0.2, -0.15) is 5.10 Å². The third kappa shape index (κ3) is 5.61. The van der Waals surface area contributed by atoms with E-state index in [1.54, 1.807) is 18.3 Å². The second kappa shape index (κ2) is 10.3. The van der Waals surface area contributed by atoms with E-state index in [0.29, 0.717) is 29.5 Å². The Morgan fingerprint density at radius 1 is 1.08 bits per heavy atom. The van der Waals surface area contributed by atoms with Crippen LogP contribution in [0, 0.1) is 17.8 Å². The Hall–Kier alpha value is -2.46. The summed E-state index contributed by atoms with van der Waals surface area (Å²) in [5.41, 5.74) is 1.20. The molecule has 4 fully saturated rings. The smallest absolute Gasteiger partial charge is 0.406 e. The number of hydrogen-bond acceptors (Lipinski definition) is 6. The molecular weight excluding hydrogens is 521 g/mol. The van der Waals surface area contributed by atoms with Crippen LogP contribution in [0.25, 0.3) is 0 Å². The van der Waals surface area contributed by atoms with Gasteiger partial charge in [-0.3, -0.25) is 4.79 Å². The molecule has 7 nitrogen and oxygen atoms in total. The maximum atomic E-state index is 13.1. The lowest BCUT2D eigenvalue weighted by molar-refractivity contribution is -0.274. The average molecular weight is 553 g/mol. The fourth-order valence-electron chi connectivity index (χ4n) is 6.29. The van der Waals surface area contributed by atoms with Crippen molar-refractivity contribution in [2.75, 3.05) is 30.0 Å². The summed E-state index contributed by atoms with van der Waals surface area (Å²) < 4.78 is 48.8. The molecule has 1 N–H and O–H groups in total. The number of benzene rings is 1. The zero-order chi connectivity index (χ0) is 26.4. The molecular formula is C27H32ClF3N4O3. The molecule has 0 bridgehead atoms. The van der Waals surface area contributed by atoms with Crippen molar-refractivity contribution in [3.8, 4) is 5.75 Å². The van der Waals surface area contributed by atoms with Gasteiger partial charge in [-0.05, 0) is 81.0 Å². The zero-order valence-electron chi connectivity index (χ0n) is 21.0. The molecule has 2 aromatic rings.